The molecule has 0 spiro atoms. The van der Waals surface area contributed by atoms with Crippen LogP contribution in [0.25, 0.3) is 10.4 Å². The maximum atomic E-state index is 10.6. The number of hydrogen-bond donors (Lipinski definition) is 2. The van der Waals surface area contributed by atoms with E-state index in [1.54, 1.807) is 0 Å². The van der Waals surface area contributed by atoms with Crippen molar-refractivity contribution in [3.05, 3.63) is 45.8 Å². The Labute approximate surface area is 118 Å². The lowest BCUT2D eigenvalue weighted by Crippen LogP contribution is -2.39. The number of aliphatic hydroxyl groups is 1. The molecule has 0 saturated carbocycles. The molecule has 0 radical (unpaired) electrons. The average molecular weight is 270 g/mol. The predicted octanol–water partition coefficient (Wildman–Crippen LogP) is 2.31. The first-order valence-electron chi connectivity index (χ1n) is 6.78. The van der Waals surface area contributed by atoms with E-state index in [1.807, 2.05) is 24.3 Å². The van der Waals surface area contributed by atoms with Crippen LogP contribution in [0.2, 0.25) is 0 Å². The summed E-state index contributed by atoms with van der Waals surface area (Å²) in [6, 6.07) is 7.75. The minimum atomic E-state index is -0.710. The summed E-state index contributed by atoms with van der Waals surface area (Å²) in [6.07, 6.45) is 2.04. The third kappa shape index (κ3) is 3.75. The Morgan fingerprint density at radius 2 is 2.00 bits per heavy atom. The van der Waals surface area contributed by atoms with E-state index in [0.717, 1.165) is 37.1 Å². The third-order valence-electron chi connectivity index (χ3n) is 3.49. The number of nitrogens with one attached hydrogen (secondary N) is 1. The Kier molecular flexibility index (Phi) is 5.03. The molecule has 1 aliphatic heterocycles. The maximum Gasteiger partial charge on any atom is 0.0920 e. The highest BCUT2D eigenvalue weighted by Gasteiger charge is 2.30. The first-order chi connectivity index (χ1) is 9.74. The van der Waals surface area contributed by atoms with Crippen molar-refractivity contribution in [1.29, 1.82) is 0 Å². The number of azide groups is 1. The van der Waals surface area contributed by atoms with Crippen LogP contribution in [0.15, 0.2) is 29.4 Å². The molecule has 0 aromatic heterocycles. The lowest BCUT2D eigenvalue weighted by atomic mass is 9.85. The van der Waals surface area contributed by atoms with Gasteiger partial charge in [0.2, 0.25) is 0 Å². The quantitative estimate of drug-likeness (QED) is 0.290. The highest BCUT2D eigenvalue weighted by molar-refractivity contribution is 5.37. The molecule has 1 saturated heterocycles. The van der Waals surface area contributed by atoms with Crippen LogP contribution in [-0.2, 0) is 5.60 Å². The molecule has 1 fully saturated rings. The Morgan fingerprint density at radius 1 is 1.30 bits per heavy atom. The van der Waals surface area contributed by atoms with E-state index < -0.39 is 5.60 Å². The number of hydrogen-bond acceptors (Lipinski definition) is 3. The van der Waals surface area contributed by atoms with Gasteiger partial charge in [0.25, 0.3) is 0 Å². The van der Waals surface area contributed by atoms with Crippen molar-refractivity contribution >= 4 is 0 Å². The molecule has 0 amide bonds. The van der Waals surface area contributed by atoms with Gasteiger partial charge in [-0.15, -0.1) is 0 Å². The normalized spacial score (nSPS) is 16.6. The van der Waals surface area contributed by atoms with Gasteiger partial charge in [-0.2, -0.15) is 0 Å². The molecule has 5 heteroatoms. The lowest BCUT2D eigenvalue weighted by molar-refractivity contribution is 0.00594. The summed E-state index contributed by atoms with van der Waals surface area (Å²) in [5, 5.41) is 17.3. The number of piperidine rings is 1. The SMILES string of the molecule is [N-]=[N+]=NCCC#Cc1ccc(C2(O)CCNCC2)cc1. The molecule has 2 rings (SSSR count). The van der Waals surface area contributed by atoms with Crippen LogP contribution in [0.5, 0.6) is 0 Å². The van der Waals surface area contributed by atoms with E-state index in [2.05, 4.69) is 27.2 Å². The van der Waals surface area contributed by atoms with Gasteiger partial charge in [0, 0.05) is 23.4 Å². The summed E-state index contributed by atoms with van der Waals surface area (Å²) in [6.45, 7) is 2.09. The fraction of sp³-hybridized carbons (Fsp3) is 0.467. The van der Waals surface area contributed by atoms with Crippen molar-refractivity contribution < 1.29 is 5.11 Å². The number of benzene rings is 1. The zero-order valence-corrected chi connectivity index (χ0v) is 11.3. The van der Waals surface area contributed by atoms with Gasteiger partial charge >= 0.3 is 0 Å². The average Bonchev–Trinajstić information content (AvgIpc) is 2.48. The summed E-state index contributed by atoms with van der Waals surface area (Å²) in [5.41, 5.74) is 9.30. The smallest absolute Gasteiger partial charge is 0.0920 e. The lowest BCUT2D eigenvalue weighted by Gasteiger charge is -2.33. The Morgan fingerprint density at radius 3 is 2.65 bits per heavy atom. The van der Waals surface area contributed by atoms with E-state index in [9.17, 15) is 5.11 Å². The first-order valence-corrected chi connectivity index (χ1v) is 6.78. The molecule has 20 heavy (non-hydrogen) atoms. The van der Waals surface area contributed by atoms with Crippen molar-refractivity contribution in [3.8, 4) is 11.8 Å². The van der Waals surface area contributed by atoms with Crippen molar-refractivity contribution in [2.45, 2.75) is 24.9 Å². The molecule has 1 aromatic rings. The molecule has 0 bridgehead atoms. The Balaban J connectivity index is 2.00. The zero-order valence-electron chi connectivity index (χ0n) is 11.3. The summed E-state index contributed by atoms with van der Waals surface area (Å²) >= 11 is 0. The molecule has 0 unspecified atom stereocenters. The standard InChI is InChI=1S/C15H18N4O/c16-19-18-10-2-1-3-13-4-6-14(7-5-13)15(20)8-11-17-12-9-15/h4-7,17,20H,2,8-12H2. The van der Waals surface area contributed by atoms with Crippen LogP contribution in [0.4, 0.5) is 0 Å². The Hall–Kier alpha value is -1.99. The second kappa shape index (κ2) is 6.97. The van der Waals surface area contributed by atoms with Crippen LogP contribution in [0, 0.1) is 11.8 Å². The van der Waals surface area contributed by atoms with E-state index >= 15 is 0 Å². The van der Waals surface area contributed by atoms with Crippen LogP contribution in [0.1, 0.15) is 30.4 Å². The van der Waals surface area contributed by atoms with Gasteiger partial charge in [-0.1, -0.05) is 29.1 Å². The number of nitrogens with zero attached hydrogens (tertiary/aromatic N) is 3. The summed E-state index contributed by atoms with van der Waals surface area (Å²) in [7, 11) is 0. The first kappa shape index (κ1) is 14.4. The highest BCUT2D eigenvalue weighted by Crippen LogP contribution is 2.30. The minimum absolute atomic E-state index is 0.397. The molecule has 104 valence electrons. The van der Waals surface area contributed by atoms with Crippen LogP contribution >= 0.6 is 0 Å². The van der Waals surface area contributed by atoms with Crippen LogP contribution in [0.3, 0.4) is 0 Å². The van der Waals surface area contributed by atoms with Gasteiger partial charge in [-0.05, 0) is 49.2 Å². The van der Waals surface area contributed by atoms with E-state index in [-0.39, 0.29) is 0 Å². The topological polar surface area (TPSA) is 81.0 Å². The van der Waals surface area contributed by atoms with E-state index in [1.165, 1.54) is 0 Å². The van der Waals surface area contributed by atoms with Gasteiger partial charge < -0.3 is 10.4 Å². The van der Waals surface area contributed by atoms with Crippen LogP contribution in [-0.4, -0.2) is 24.7 Å². The number of rotatable bonds is 3. The molecule has 1 aromatic carbocycles. The fourth-order valence-corrected chi connectivity index (χ4v) is 2.31. The van der Waals surface area contributed by atoms with Gasteiger partial charge in [0.1, 0.15) is 0 Å². The minimum Gasteiger partial charge on any atom is -0.385 e. The molecule has 1 aliphatic rings. The maximum absolute atomic E-state index is 10.6. The van der Waals surface area contributed by atoms with Crippen molar-refractivity contribution in [1.82, 2.24) is 5.32 Å². The molecule has 1 heterocycles. The third-order valence-corrected chi connectivity index (χ3v) is 3.49. The second-order valence-corrected chi connectivity index (χ2v) is 4.87. The van der Waals surface area contributed by atoms with Gasteiger partial charge in [-0.25, -0.2) is 0 Å². The molecular weight excluding hydrogens is 252 g/mol. The molecule has 0 aliphatic carbocycles. The summed E-state index contributed by atoms with van der Waals surface area (Å²) < 4.78 is 0. The van der Waals surface area contributed by atoms with E-state index in [0.29, 0.717) is 13.0 Å². The van der Waals surface area contributed by atoms with Crippen molar-refractivity contribution in [3.63, 3.8) is 0 Å². The van der Waals surface area contributed by atoms with Crippen molar-refractivity contribution in [2.75, 3.05) is 19.6 Å². The molecule has 0 atom stereocenters. The van der Waals surface area contributed by atoms with Gasteiger partial charge in [0.05, 0.1) is 5.60 Å². The van der Waals surface area contributed by atoms with Crippen molar-refractivity contribution in [2.24, 2.45) is 5.11 Å². The van der Waals surface area contributed by atoms with E-state index in [4.69, 9.17) is 5.53 Å². The second-order valence-electron chi connectivity index (χ2n) is 4.87. The monoisotopic (exact) mass is 270 g/mol. The predicted molar refractivity (Wildman–Crippen MR) is 78.0 cm³/mol. The molecule has 2 N–H and O–H groups in total. The Bertz CT molecular complexity index is 543. The van der Waals surface area contributed by atoms with Gasteiger partial charge in [0.15, 0.2) is 0 Å². The molecular formula is C15H18N4O. The van der Waals surface area contributed by atoms with Gasteiger partial charge in [-0.3, -0.25) is 0 Å². The highest BCUT2D eigenvalue weighted by atomic mass is 16.3. The fourth-order valence-electron chi connectivity index (χ4n) is 2.31. The largest absolute Gasteiger partial charge is 0.385 e. The van der Waals surface area contributed by atoms with Crippen LogP contribution < -0.4 is 5.32 Å². The summed E-state index contributed by atoms with van der Waals surface area (Å²) in [4.78, 5) is 2.68. The summed E-state index contributed by atoms with van der Waals surface area (Å²) in [5.74, 6) is 5.98. The zero-order chi connectivity index (χ0) is 14.3. The molecule has 5 nitrogen and oxygen atoms in total.